The maximum absolute atomic E-state index is 13.4. The van der Waals surface area contributed by atoms with Gasteiger partial charge in [-0.3, -0.25) is 13.9 Å². The van der Waals surface area contributed by atoms with Crippen LogP contribution in [-0.2, 0) is 26.2 Å². The van der Waals surface area contributed by atoms with E-state index in [-0.39, 0.29) is 5.56 Å². The zero-order valence-corrected chi connectivity index (χ0v) is 30.2. The van der Waals surface area contributed by atoms with Crippen molar-refractivity contribution < 1.29 is 0 Å². The van der Waals surface area contributed by atoms with Gasteiger partial charge in [0, 0.05) is 26.2 Å². The van der Waals surface area contributed by atoms with Crippen molar-refractivity contribution in [2.24, 2.45) is 14.1 Å². The molecule has 0 saturated heterocycles. The van der Waals surface area contributed by atoms with E-state index in [1.807, 2.05) is 95.1 Å². The molecule has 0 N–H and O–H groups in total. The van der Waals surface area contributed by atoms with Gasteiger partial charge in [0.1, 0.15) is 11.4 Å². The van der Waals surface area contributed by atoms with Gasteiger partial charge in [0.15, 0.2) is 17.0 Å². The second-order valence-electron chi connectivity index (χ2n) is 13.2. The summed E-state index contributed by atoms with van der Waals surface area (Å²) in [6.07, 6.45) is 4.70. The lowest BCUT2D eigenvalue weighted by atomic mass is 9.77. The number of rotatable bonds is 10. The maximum Gasteiger partial charge on any atom is 0.332 e. The molecule has 0 radical (unpaired) electrons. The fraction of sp³-hybridized carbons (Fsp3) is 0.136. The maximum atomic E-state index is 13.4. The Kier molecular flexibility index (Phi) is 9.00. The van der Waals surface area contributed by atoms with Crippen LogP contribution in [0.1, 0.15) is 41.4 Å². The van der Waals surface area contributed by atoms with E-state index in [4.69, 9.17) is 15.3 Å². The normalized spacial score (nSPS) is 11.8. The molecule has 8 aromatic rings. The lowest BCUT2D eigenvalue weighted by Crippen LogP contribution is -2.39. The van der Waals surface area contributed by atoms with E-state index in [9.17, 15) is 9.59 Å². The fourth-order valence-electron chi connectivity index (χ4n) is 7.36. The Labute approximate surface area is 311 Å². The molecular weight excluding hydrogens is 673 g/mol. The van der Waals surface area contributed by atoms with Gasteiger partial charge in [-0.05, 0) is 56.3 Å². The largest absolute Gasteiger partial charge is 0.332 e. The van der Waals surface area contributed by atoms with Crippen molar-refractivity contribution in [1.82, 2.24) is 38.9 Å². The summed E-state index contributed by atoms with van der Waals surface area (Å²) >= 11 is 0. The van der Waals surface area contributed by atoms with Crippen LogP contribution in [0.2, 0.25) is 0 Å². The van der Waals surface area contributed by atoms with E-state index >= 15 is 0 Å². The molecule has 54 heavy (non-hydrogen) atoms. The Bertz CT molecular complexity index is 2630. The Morgan fingerprint density at radius 1 is 0.667 bits per heavy atom. The van der Waals surface area contributed by atoms with Crippen LogP contribution in [0.3, 0.4) is 0 Å². The lowest BCUT2D eigenvalue weighted by Gasteiger charge is -2.36. The highest BCUT2D eigenvalue weighted by Gasteiger charge is 2.42. The fourth-order valence-corrected chi connectivity index (χ4v) is 7.36. The average Bonchev–Trinajstić information content (AvgIpc) is 3.86. The van der Waals surface area contributed by atoms with Gasteiger partial charge in [-0.25, -0.2) is 14.5 Å². The van der Waals surface area contributed by atoms with Crippen LogP contribution in [0, 0.1) is 0 Å². The quantitative estimate of drug-likeness (QED) is 0.141. The minimum Gasteiger partial charge on any atom is -0.314 e. The SMILES string of the molecule is CCC=Cc1nc2c(c(=O)n(C)c(=O)n2C)n1Cc1ccc(-c2ccccc2-c2nnnn2C(c2ccccc2)(c2ccccc2)c2ccccc2)cc1. The molecule has 0 amide bonds. The third-order valence-corrected chi connectivity index (χ3v) is 10.0. The number of fused-ring (bicyclic) bond motifs is 1. The van der Waals surface area contributed by atoms with E-state index in [2.05, 4.69) is 78.0 Å². The number of aryl methyl sites for hydroxylation is 1. The average molecular weight is 711 g/mol. The molecule has 0 aliphatic rings. The molecule has 0 bridgehead atoms. The summed E-state index contributed by atoms with van der Waals surface area (Å²) in [5, 5.41) is 13.8. The third kappa shape index (κ3) is 5.68. The number of tetrazole rings is 1. The van der Waals surface area contributed by atoms with Crippen LogP contribution in [0.15, 0.2) is 155 Å². The molecule has 0 saturated carbocycles. The molecule has 3 aromatic heterocycles. The van der Waals surface area contributed by atoms with Crippen molar-refractivity contribution in [2.45, 2.75) is 25.4 Å². The van der Waals surface area contributed by atoms with Gasteiger partial charge in [0.25, 0.3) is 5.56 Å². The molecule has 0 atom stereocenters. The minimum absolute atomic E-state index is 0.361. The van der Waals surface area contributed by atoms with Crippen LogP contribution in [-0.4, -0.2) is 38.9 Å². The number of imidazole rings is 1. The molecular formula is C44H38N8O2. The van der Waals surface area contributed by atoms with Gasteiger partial charge in [0.05, 0.1) is 0 Å². The summed E-state index contributed by atoms with van der Waals surface area (Å²) in [7, 11) is 3.14. The van der Waals surface area contributed by atoms with Crippen molar-refractivity contribution in [2.75, 3.05) is 0 Å². The van der Waals surface area contributed by atoms with Gasteiger partial charge in [-0.15, -0.1) is 5.10 Å². The second-order valence-corrected chi connectivity index (χ2v) is 13.2. The summed E-state index contributed by atoms with van der Waals surface area (Å²) in [6.45, 7) is 2.43. The van der Waals surface area contributed by atoms with E-state index < -0.39 is 11.2 Å². The molecule has 0 aliphatic heterocycles. The van der Waals surface area contributed by atoms with Crippen molar-refractivity contribution >= 4 is 17.2 Å². The zero-order chi connectivity index (χ0) is 37.2. The van der Waals surface area contributed by atoms with E-state index in [1.165, 1.54) is 11.6 Å². The van der Waals surface area contributed by atoms with Crippen molar-refractivity contribution in [1.29, 1.82) is 0 Å². The monoisotopic (exact) mass is 710 g/mol. The lowest BCUT2D eigenvalue weighted by molar-refractivity contribution is 0.451. The summed E-state index contributed by atoms with van der Waals surface area (Å²) in [5.41, 5.74) is 5.92. The Morgan fingerprint density at radius 3 is 1.80 bits per heavy atom. The summed E-state index contributed by atoms with van der Waals surface area (Å²) in [5.74, 6) is 1.23. The van der Waals surface area contributed by atoms with Crippen LogP contribution in [0.4, 0.5) is 0 Å². The van der Waals surface area contributed by atoms with Crippen molar-refractivity contribution in [3.63, 3.8) is 0 Å². The Hall–Kier alpha value is -6.94. The molecule has 10 nitrogen and oxygen atoms in total. The van der Waals surface area contributed by atoms with Gasteiger partial charge >= 0.3 is 5.69 Å². The standard InChI is InChI=1S/C44H38N8O2/c1-4-5-25-38-45-41-39(42(53)50(3)43(54)49(41)2)51(38)30-31-26-28-32(29-27-31)36-23-15-16-24-37(36)40-46-47-48-52(40)44(33-17-9-6-10-18-33,34-19-11-7-12-20-34)35-21-13-8-14-22-35/h5-29H,4,30H2,1-3H3. The van der Waals surface area contributed by atoms with Crippen LogP contribution >= 0.6 is 0 Å². The number of benzene rings is 5. The van der Waals surface area contributed by atoms with Crippen molar-refractivity contribution in [3.8, 4) is 22.5 Å². The first kappa shape index (κ1) is 34.2. The number of hydrogen-bond donors (Lipinski definition) is 0. The topological polar surface area (TPSA) is 105 Å². The predicted octanol–water partition coefficient (Wildman–Crippen LogP) is 7.07. The van der Waals surface area contributed by atoms with E-state index in [0.29, 0.717) is 29.4 Å². The van der Waals surface area contributed by atoms with E-state index in [0.717, 1.165) is 49.9 Å². The number of allylic oxidation sites excluding steroid dienone is 1. The smallest absolute Gasteiger partial charge is 0.314 e. The van der Waals surface area contributed by atoms with Crippen LogP contribution in [0.25, 0.3) is 39.8 Å². The molecule has 10 heteroatoms. The van der Waals surface area contributed by atoms with E-state index in [1.54, 1.807) is 7.05 Å². The minimum atomic E-state index is -0.891. The first-order valence-corrected chi connectivity index (χ1v) is 17.9. The van der Waals surface area contributed by atoms with Gasteiger partial charge in [-0.2, -0.15) is 0 Å². The molecule has 0 fully saturated rings. The summed E-state index contributed by atoms with van der Waals surface area (Å²) in [4.78, 5) is 30.8. The molecule has 266 valence electrons. The van der Waals surface area contributed by atoms with Crippen LogP contribution in [0.5, 0.6) is 0 Å². The molecule has 8 rings (SSSR count). The molecule has 0 unspecified atom stereocenters. The molecule has 3 heterocycles. The Balaban J connectivity index is 1.25. The highest BCUT2D eigenvalue weighted by atomic mass is 16.2. The van der Waals surface area contributed by atoms with Gasteiger partial charge in [0.2, 0.25) is 0 Å². The van der Waals surface area contributed by atoms with Crippen LogP contribution < -0.4 is 11.2 Å². The van der Waals surface area contributed by atoms with Crippen molar-refractivity contribution in [3.05, 3.63) is 195 Å². The van der Waals surface area contributed by atoms with Gasteiger partial charge < -0.3 is 4.57 Å². The van der Waals surface area contributed by atoms with Gasteiger partial charge in [-0.1, -0.05) is 153 Å². The third-order valence-electron chi connectivity index (χ3n) is 10.0. The highest BCUT2D eigenvalue weighted by molar-refractivity contribution is 5.81. The molecule has 5 aromatic carbocycles. The number of hydrogen-bond acceptors (Lipinski definition) is 6. The summed E-state index contributed by atoms with van der Waals surface area (Å²) in [6, 6.07) is 47.5. The number of nitrogens with zero attached hydrogens (tertiary/aromatic N) is 8. The predicted molar refractivity (Wildman–Crippen MR) is 212 cm³/mol. The number of aromatic nitrogens is 8. The zero-order valence-electron chi connectivity index (χ0n) is 30.2. The molecule has 0 aliphatic carbocycles. The Morgan fingerprint density at radius 2 is 1.22 bits per heavy atom. The summed E-state index contributed by atoms with van der Waals surface area (Å²) < 4.78 is 6.38. The highest BCUT2D eigenvalue weighted by Crippen LogP contribution is 2.43. The molecule has 0 spiro atoms. The first-order chi connectivity index (χ1) is 26.4. The second kappa shape index (κ2) is 14.2. The first-order valence-electron chi connectivity index (χ1n) is 17.9.